The summed E-state index contributed by atoms with van der Waals surface area (Å²) in [5, 5.41) is 0. The molecule has 0 aliphatic heterocycles. The molecule has 0 saturated heterocycles. The third kappa shape index (κ3) is 4.43. The Morgan fingerprint density at radius 2 is 1.50 bits per heavy atom. The molecule has 1 aliphatic rings. The maximum Gasteiger partial charge on any atom is 0.404 e. The highest BCUT2D eigenvalue weighted by atomic mass is 16.6. The molecule has 104 valence electrons. The van der Waals surface area contributed by atoms with Gasteiger partial charge in [0.1, 0.15) is 13.2 Å². The van der Waals surface area contributed by atoms with Crippen LogP contribution in [0.4, 0.5) is 9.59 Å². The Bertz CT molecular complexity index is 282. The lowest BCUT2D eigenvalue weighted by molar-refractivity contribution is -0.00770. The van der Waals surface area contributed by atoms with Gasteiger partial charge < -0.3 is 20.9 Å². The number of rotatable bonds is 5. The largest absolute Gasteiger partial charge is 0.449 e. The molecule has 0 aromatic rings. The van der Waals surface area contributed by atoms with Gasteiger partial charge in [-0.25, -0.2) is 9.59 Å². The highest BCUT2D eigenvalue weighted by Gasteiger charge is 2.37. The Morgan fingerprint density at radius 3 is 1.89 bits per heavy atom. The standard InChI is InChI=1S/C12H22N2O4/c1-12(7-17-10(13)15,8-18-11(14)16)9-5-3-2-4-6-9/h9H,2-8H2,1H3,(H2,13,15)(H2,14,16). The van der Waals surface area contributed by atoms with Gasteiger partial charge in [-0.3, -0.25) is 0 Å². The number of hydrogen-bond donors (Lipinski definition) is 2. The van der Waals surface area contributed by atoms with Crippen molar-refractivity contribution in [2.75, 3.05) is 13.2 Å². The van der Waals surface area contributed by atoms with E-state index in [9.17, 15) is 9.59 Å². The molecule has 2 amide bonds. The molecule has 1 fully saturated rings. The normalized spacial score (nSPS) is 17.2. The fourth-order valence-electron chi connectivity index (χ4n) is 2.55. The Kier molecular flexibility index (Phi) is 5.25. The molecule has 1 saturated carbocycles. The maximum absolute atomic E-state index is 10.7. The summed E-state index contributed by atoms with van der Waals surface area (Å²) in [5.74, 6) is 0.352. The molecule has 1 rings (SSSR count). The molecular weight excluding hydrogens is 236 g/mol. The Labute approximate surface area is 107 Å². The highest BCUT2D eigenvalue weighted by molar-refractivity contribution is 5.65. The maximum atomic E-state index is 10.7. The molecule has 1 aliphatic carbocycles. The first-order valence-corrected chi connectivity index (χ1v) is 6.28. The molecule has 0 radical (unpaired) electrons. The van der Waals surface area contributed by atoms with E-state index in [1.165, 1.54) is 6.42 Å². The van der Waals surface area contributed by atoms with E-state index < -0.39 is 17.6 Å². The minimum atomic E-state index is -0.809. The van der Waals surface area contributed by atoms with Crippen LogP contribution in [0.5, 0.6) is 0 Å². The number of nitrogens with two attached hydrogens (primary N) is 2. The summed E-state index contributed by atoms with van der Waals surface area (Å²) < 4.78 is 9.80. The van der Waals surface area contributed by atoms with Crippen LogP contribution in [0, 0.1) is 11.3 Å². The van der Waals surface area contributed by atoms with Crippen LogP contribution in [0.1, 0.15) is 39.0 Å². The third-order valence-corrected chi connectivity index (χ3v) is 3.68. The first-order chi connectivity index (χ1) is 8.44. The smallest absolute Gasteiger partial charge is 0.404 e. The van der Waals surface area contributed by atoms with Crippen molar-refractivity contribution < 1.29 is 19.1 Å². The molecule has 0 atom stereocenters. The fourth-order valence-corrected chi connectivity index (χ4v) is 2.55. The first-order valence-electron chi connectivity index (χ1n) is 6.28. The van der Waals surface area contributed by atoms with Crippen molar-refractivity contribution in [2.24, 2.45) is 22.8 Å². The van der Waals surface area contributed by atoms with Crippen LogP contribution >= 0.6 is 0 Å². The molecule has 4 N–H and O–H groups in total. The zero-order valence-corrected chi connectivity index (χ0v) is 10.8. The number of hydrogen-bond acceptors (Lipinski definition) is 4. The number of carbonyl (C=O) groups is 2. The van der Waals surface area contributed by atoms with Gasteiger partial charge in [0.2, 0.25) is 0 Å². The summed E-state index contributed by atoms with van der Waals surface area (Å²) in [4.78, 5) is 21.5. The zero-order valence-electron chi connectivity index (χ0n) is 10.8. The van der Waals surface area contributed by atoms with Gasteiger partial charge in [0.25, 0.3) is 0 Å². The molecule has 18 heavy (non-hydrogen) atoms. The molecule has 0 bridgehead atoms. The topological polar surface area (TPSA) is 105 Å². The predicted molar refractivity (Wildman–Crippen MR) is 65.8 cm³/mol. The van der Waals surface area contributed by atoms with Crippen LogP contribution in [0.25, 0.3) is 0 Å². The van der Waals surface area contributed by atoms with Crippen LogP contribution in [0.3, 0.4) is 0 Å². The van der Waals surface area contributed by atoms with E-state index >= 15 is 0 Å². The van der Waals surface area contributed by atoms with Crippen molar-refractivity contribution in [3.63, 3.8) is 0 Å². The molecular formula is C12H22N2O4. The molecule has 6 heteroatoms. The summed E-state index contributed by atoms with van der Waals surface area (Å²) in [7, 11) is 0. The van der Waals surface area contributed by atoms with Gasteiger partial charge in [0.15, 0.2) is 0 Å². The van der Waals surface area contributed by atoms with E-state index in [2.05, 4.69) is 0 Å². The Balaban J connectivity index is 2.64. The molecule has 0 aromatic heterocycles. The predicted octanol–water partition coefficient (Wildman–Crippen LogP) is 1.76. The van der Waals surface area contributed by atoms with Crippen molar-refractivity contribution in [1.82, 2.24) is 0 Å². The van der Waals surface area contributed by atoms with E-state index in [1.54, 1.807) is 0 Å². The molecule has 0 heterocycles. The van der Waals surface area contributed by atoms with Crippen molar-refractivity contribution >= 4 is 12.2 Å². The van der Waals surface area contributed by atoms with E-state index in [4.69, 9.17) is 20.9 Å². The summed E-state index contributed by atoms with van der Waals surface area (Å²) in [6, 6.07) is 0. The summed E-state index contributed by atoms with van der Waals surface area (Å²) in [5.41, 5.74) is 9.57. The van der Waals surface area contributed by atoms with Gasteiger partial charge in [-0.15, -0.1) is 0 Å². The van der Waals surface area contributed by atoms with Crippen LogP contribution in [-0.4, -0.2) is 25.4 Å². The minimum Gasteiger partial charge on any atom is -0.449 e. The van der Waals surface area contributed by atoms with Crippen LogP contribution < -0.4 is 11.5 Å². The lowest BCUT2D eigenvalue weighted by atomic mass is 9.71. The van der Waals surface area contributed by atoms with Crippen LogP contribution in [0.2, 0.25) is 0 Å². The monoisotopic (exact) mass is 258 g/mol. The third-order valence-electron chi connectivity index (χ3n) is 3.68. The van der Waals surface area contributed by atoms with Gasteiger partial charge in [0, 0.05) is 5.41 Å². The van der Waals surface area contributed by atoms with Crippen LogP contribution in [0.15, 0.2) is 0 Å². The molecule has 0 unspecified atom stereocenters. The summed E-state index contributed by atoms with van der Waals surface area (Å²) in [6.07, 6.45) is 3.98. The van der Waals surface area contributed by atoms with Crippen molar-refractivity contribution in [3.8, 4) is 0 Å². The lowest BCUT2D eigenvalue weighted by Gasteiger charge is -2.38. The van der Waals surface area contributed by atoms with E-state index in [0.29, 0.717) is 5.92 Å². The number of amides is 2. The van der Waals surface area contributed by atoms with E-state index in [-0.39, 0.29) is 13.2 Å². The van der Waals surface area contributed by atoms with Crippen molar-refractivity contribution in [1.29, 1.82) is 0 Å². The molecule has 0 aromatic carbocycles. The van der Waals surface area contributed by atoms with Gasteiger partial charge >= 0.3 is 12.2 Å². The second-order valence-corrected chi connectivity index (χ2v) is 5.20. The molecule has 0 spiro atoms. The Morgan fingerprint density at radius 1 is 1.06 bits per heavy atom. The number of primary amides is 2. The fraction of sp³-hybridized carbons (Fsp3) is 0.833. The minimum absolute atomic E-state index is 0.153. The first kappa shape index (κ1) is 14.6. The van der Waals surface area contributed by atoms with Gasteiger partial charge in [-0.05, 0) is 18.8 Å². The quantitative estimate of drug-likeness (QED) is 0.783. The summed E-state index contributed by atoms with van der Waals surface area (Å²) in [6.45, 7) is 2.25. The lowest BCUT2D eigenvalue weighted by Crippen LogP contribution is -2.40. The average Bonchev–Trinajstić information content (AvgIpc) is 2.35. The van der Waals surface area contributed by atoms with E-state index in [0.717, 1.165) is 25.7 Å². The second kappa shape index (κ2) is 6.47. The van der Waals surface area contributed by atoms with Crippen molar-refractivity contribution in [3.05, 3.63) is 0 Å². The van der Waals surface area contributed by atoms with Gasteiger partial charge in [-0.2, -0.15) is 0 Å². The summed E-state index contributed by atoms with van der Waals surface area (Å²) >= 11 is 0. The molecule has 6 nitrogen and oxygen atoms in total. The highest BCUT2D eigenvalue weighted by Crippen LogP contribution is 2.39. The second-order valence-electron chi connectivity index (χ2n) is 5.20. The average molecular weight is 258 g/mol. The van der Waals surface area contributed by atoms with Crippen molar-refractivity contribution in [2.45, 2.75) is 39.0 Å². The van der Waals surface area contributed by atoms with Gasteiger partial charge in [0.05, 0.1) is 0 Å². The Hall–Kier alpha value is -1.46. The number of ether oxygens (including phenoxy) is 2. The zero-order chi connectivity index (χ0) is 13.6. The number of carbonyl (C=O) groups excluding carboxylic acids is 2. The SMILES string of the molecule is CC(COC(N)=O)(COC(N)=O)C1CCCCC1. The van der Waals surface area contributed by atoms with Crippen LogP contribution in [-0.2, 0) is 9.47 Å². The van der Waals surface area contributed by atoms with E-state index in [1.807, 2.05) is 6.92 Å². The van der Waals surface area contributed by atoms with Gasteiger partial charge in [-0.1, -0.05) is 26.2 Å².